The molecule has 1 unspecified atom stereocenters. The van der Waals surface area contributed by atoms with Crippen LogP contribution in [0.25, 0.3) is 0 Å². The van der Waals surface area contributed by atoms with Crippen molar-refractivity contribution in [3.05, 3.63) is 172 Å². The Labute approximate surface area is 351 Å². The van der Waals surface area contributed by atoms with Gasteiger partial charge in [-0.2, -0.15) is 18.9 Å². The molecule has 61 heavy (non-hydrogen) atoms. The largest absolute Gasteiger partial charge is 0.425 e. The summed E-state index contributed by atoms with van der Waals surface area (Å²) in [5, 5.41) is 43.1. The second kappa shape index (κ2) is 20.8. The summed E-state index contributed by atoms with van der Waals surface area (Å²) in [6.07, 6.45) is 1.01. The minimum absolute atomic E-state index is 0.0411. The molecule has 0 saturated carbocycles. The molecule has 1 saturated heterocycles. The highest BCUT2D eigenvalue weighted by atomic mass is 16.5. The first-order chi connectivity index (χ1) is 29.4. The third kappa shape index (κ3) is 11.9. The zero-order valence-corrected chi connectivity index (χ0v) is 33.9. The Morgan fingerprint density at radius 3 is 1.33 bits per heavy atom. The molecule has 324 valence electrons. The van der Waals surface area contributed by atoms with Crippen LogP contribution in [0.1, 0.15) is 40.3 Å². The van der Waals surface area contributed by atoms with Gasteiger partial charge in [-0.05, 0) is 48.4 Å². The van der Waals surface area contributed by atoms with E-state index in [4.69, 9.17) is 5.73 Å². The first-order valence-corrected chi connectivity index (χ1v) is 20.2. The summed E-state index contributed by atoms with van der Waals surface area (Å²) < 4.78 is 2.48. The predicted octanol–water partition coefficient (Wildman–Crippen LogP) is 0.677. The lowest BCUT2D eigenvalue weighted by Gasteiger charge is -2.39. The van der Waals surface area contributed by atoms with Crippen molar-refractivity contribution in [1.82, 2.24) is 38.5 Å². The molecule has 0 bridgehead atoms. The molecule has 18 nitrogen and oxygen atoms in total. The number of carbonyl (C=O) groups excluding carboxylic acids is 1. The van der Waals surface area contributed by atoms with E-state index in [-0.39, 0.29) is 57.4 Å². The molecule has 4 aromatic heterocycles. The molecule has 1 aliphatic heterocycles. The van der Waals surface area contributed by atoms with E-state index in [9.17, 15) is 44.8 Å². The summed E-state index contributed by atoms with van der Waals surface area (Å²) >= 11 is 0. The standard InChI is InChI=1S/C43H53N9O9/c44-18-17-39(53)26-33-15-13-32(14-16-33)25-38-30-47(29-36-7-3-11-42(56)51(36)60)22-21-45(27-34-5-1-9-40(54)49(34)58)19-20-46(28-35-6-2-10-41(55)50(35)59)23-24-48(38)31-37-8-4-12-43(57)52(37)61/h1-16,38,58-61H,17-31,44H2. The van der Waals surface area contributed by atoms with Gasteiger partial charge in [0.1, 0.15) is 5.78 Å². The number of ketones is 1. The van der Waals surface area contributed by atoms with Gasteiger partial charge < -0.3 is 26.6 Å². The van der Waals surface area contributed by atoms with Crippen LogP contribution in [0.4, 0.5) is 0 Å². The Morgan fingerprint density at radius 2 is 0.885 bits per heavy atom. The summed E-state index contributed by atoms with van der Waals surface area (Å²) in [5.41, 5.74) is 6.51. The Kier molecular flexibility index (Phi) is 15.1. The second-order valence-corrected chi connectivity index (χ2v) is 15.4. The smallest absolute Gasteiger partial charge is 0.283 e. The molecule has 6 N–H and O–H groups in total. The number of benzene rings is 1. The van der Waals surface area contributed by atoms with Crippen LogP contribution in [-0.4, -0.2) is 124 Å². The highest BCUT2D eigenvalue weighted by Crippen LogP contribution is 2.19. The maximum absolute atomic E-state index is 12.6. The van der Waals surface area contributed by atoms with E-state index in [0.717, 1.165) is 11.1 Å². The van der Waals surface area contributed by atoms with Gasteiger partial charge in [0, 0.05) is 115 Å². The Bertz CT molecular complexity index is 2500. The molecule has 6 rings (SSSR count). The van der Waals surface area contributed by atoms with E-state index in [1.807, 2.05) is 24.3 Å². The fraction of sp³-hybridized carbons (Fsp3) is 0.372. The van der Waals surface area contributed by atoms with Crippen LogP contribution in [0.3, 0.4) is 0 Å². The van der Waals surface area contributed by atoms with Crippen LogP contribution in [0.5, 0.6) is 0 Å². The number of nitrogens with two attached hydrogens (primary N) is 1. The third-order valence-electron chi connectivity index (χ3n) is 11.0. The topological polar surface area (TPSA) is 225 Å². The van der Waals surface area contributed by atoms with Crippen molar-refractivity contribution < 1.29 is 25.6 Å². The molecule has 5 heterocycles. The van der Waals surface area contributed by atoms with Crippen molar-refractivity contribution >= 4 is 5.78 Å². The van der Waals surface area contributed by atoms with Gasteiger partial charge in [-0.25, -0.2) is 0 Å². The van der Waals surface area contributed by atoms with E-state index in [0.29, 0.717) is 93.9 Å². The zero-order chi connectivity index (χ0) is 43.5. The average molecular weight is 840 g/mol. The number of hydrogen-bond acceptors (Lipinski definition) is 14. The van der Waals surface area contributed by atoms with Gasteiger partial charge in [0.2, 0.25) is 0 Å². The lowest BCUT2D eigenvalue weighted by Crippen LogP contribution is -2.51. The van der Waals surface area contributed by atoms with E-state index in [1.54, 1.807) is 48.5 Å². The van der Waals surface area contributed by atoms with Crippen LogP contribution in [0.2, 0.25) is 0 Å². The fourth-order valence-electron chi connectivity index (χ4n) is 7.62. The van der Waals surface area contributed by atoms with Crippen molar-refractivity contribution in [2.45, 2.75) is 51.5 Å². The van der Waals surface area contributed by atoms with Crippen LogP contribution in [0, 0.1) is 0 Å². The van der Waals surface area contributed by atoms with Crippen molar-refractivity contribution in [1.29, 1.82) is 0 Å². The van der Waals surface area contributed by atoms with Gasteiger partial charge >= 0.3 is 0 Å². The number of carbonyl (C=O) groups is 1. The second-order valence-electron chi connectivity index (χ2n) is 15.4. The van der Waals surface area contributed by atoms with Crippen molar-refractivity contribution in [3.63, 3.8) is 0 Å². The molecule has 18 heteroatoms. The van der Waals surface area contributed by atoms with Crippen molar-refractivity contribution in [3.8, 4) is 0 Å². The van der Waals surface area contributed by atoms with Crippen LogP contribution >= 0.6 is 0 Å². The summed E-state index contributed by atoms with van der Waals surface area (Å²) in [6.45, 7) is 3.72. The van der Waals surface area contributed by atoms with Gasteiger partial charge in [-0.3, -0.25) is 43.6 Å². The van der Waals surface area contributed by atoms with Gasteiger partial charge in [0.15, 0.2) is 0 Å². The van der Waals surface area contributed by atoms with Gasteiger partial charge in [-0.1, -0.05) is 48.5 Å². The monoisotopic (exact) mass is 839 g/mol. The molecule has 0 aliphatic carbocycles. The zero-order valence-electron chi connectivity index (χ0n) is 33.9. The highest BCUT2D eigenvalue weighted by Gasteiger charge is 2.27. The molecule has 0 spiro atoms. The predicted molar refractivity (Wildman–Crippen MR) is 224 cm³/mol. The van der Waals surface area contributed by atoms with Crippen LogP contribution < -0.4 is 28.0 Å². The fourth-order valence-corrected chi connectivity index (χ4v) is 7.62. The van der Waals surface area contributed by atoms with Crippen LogP contribution in [-0.2, 0) is 43.8 Å². The number of pyridine rings is 4. The van der Waals surface area contributed by atoms with E-state index < -0.39 is 22.2 Å². The number of aromatic nitrogens is 4. The number of Topliss-reactive ketones (excluding diaryl/α,β-unsaturated/α-hetero) is 1. The molecular weight excluding hydrogens is 787 g/mol. The van der Waals surface area contributed by atoms with E-state index >= 15 is 0 Å². The minimum Gasteiger partial charge on any atom is -0.425 e. The maximum Gasteiger partial charge on any atom is 0.283 e. The Balaban J connectivity index is 1.42. The Hall–Kier alpha value is -6.31. The molecule has 1 aliphatic rings. The third-order valence-corrected chi connectivity index (χ3v) is 11.0. The molecule has 0 amide bonds. The van der Waals surface area contributed by atoms with Gasteiger partial charge in [0.25, 0.3) is 22.2 Å². The van der Waals surface area contributed by atoms with E-state index in [2.05, 4.69) is 19.6 Å². The number of nitrogens with zero attached hydrogens (tertiary/aromatic N) is 8. The maximum atomic E-state index is 12.6. The summed E-state index contributed by atoms with van der Waals surface area (Å²) in [7, 11) is 0. The first kappa shape index (κ1) is 44.2. The minimum atomic E-state index is -0.590. The van der Waals surface area contributed by atoms with Crippen molar-refractivity contribution in [2.24, 2.45) is 5.73 Å². The highest BCUT2D eigenvalue weighted by molar-refractivity contribution is 5.81. The van der Waals surface area contributed by atoms with Crippen LogP contribution in [0.15, 0.2) is 116 Å². The average Bonchev–Trinajstić information content (AvgIpc) is 3.23. The number of hydrogen-bond donors (Lipinski definition) is 5. The molecular formula is C43H53N9O9. The molecule has 1 atom stereocenters. The molecule has 0 radical (unpaired) electrons. The molecule has 1 fully saturated rings. The Morgan fingerprint density at radius 1 is 0.508 bits per heavy atom. The van der Waals surface area contributed by atoms with E-state index in [1.165, 1.54) is 24.3 Å². The van der Waals surface area contributed by atoms with Gasteiger partial charge in [0.05, 0.1) is 22.8 Å². The molecule has 5 aromatic rings. The summed E-state index contributed by atoms with van der Waals surface area (Å²) in [5.74, 6) is 0.0411. The first-order valence-electron chi connectivity index (χ1n) is 20.2. The summed E-state index contributed by atoms with van der Waals surface area (Å²) in [4.78, 5) is 70.9. The quantitative estimate of drug-likeness (QED) is 0.0971. The lowest BCUT2D eigenvalue weighted by molar-refractivity contribution is -0.118. The number of rotatable bonds is 14. The molecule has 1 aromatic carbocycles. The van der Waals surface area contributed by atoms with Crippen molar-refractivity contribution in [2.75, 3.05) is 52.4 Å². The SMILES string of the molecule is NCCC(=O)Cc1ccc(CC2CN(Cc3cccc(=O)n3O)CCN(Cc3cccc(=O)n3O)CCN(Cc3cccc(=O)n3O)CCN2Cc2cccc(=O)n2O)cc1. The summed E-state index contributed by atoms with van der Waals surface area (Å²) in [6, 6.07) is 25.5. The normalized spacial score (nSPS) is 16.5. The lowest BCUT2D eigenvalue weighted by atomic mass is 9.99. The van der Waals surface area contributed by atoms with Gasteiger partial charge in [-0.15, -0.1) is 0 Å².